The van der Waals surface area contributed by atoms with Gasteiger partial charge in [-0.2, -0.15) is 6.42 Å². The van der Waals surface area contributed by atoms with Gasteiger partial charge in [-0.1, -0.05) is 88.9 Å². The fourth-order valence-corrected chi connectivity index (χ4v) is 4.61. The predicted molar refractivity (Wildman–Crippen MR) is 164 cm³/mol. The first-order valence-corrected chi connectivity index (χ1v) is 12.8. The van der Waals surface area contributed by atoms with Crippen molar-refractivity contribution in [3.05, 3.63) is 106 Å². The van der Waals surface area contributed by atoms with E-state index in [0.29, 0.717) is 17.1 Å². The molecule has 3 nitrogen and oxygen atoms in total. The number of rotatable bonds is 4. The van der Waals surface area contributed by atoms with Crippen LogP contribution in [0, 0.1) is 26.3 Å². The Morgan fingerprint density at radius 2 is 2.05 bits per heavy atom. The number of aromatic nitrogens is 1. The Hall–Kier alpha value is -3.20. The summed E-state index contributed by atoms with van der Waals surface area (Å²) in [5, 5.41) is 0.549. The smallest absolute Gasteiger partial charge is 0.118 e. The Balaban J connectivity index is 0.000000250. The van der Waals surface area contributed by atoms with Gasteiger partial charge in [-0.05, 0) is 53.2 Å². The summed E-state index contributed by atoms with van der Waals surface area (Å²) >= 11 is 0. The summed E-state index contributed by atoms with van der Waals surface area (Å²) in [5.74, 6) is -0.861. The molecule has 2 aromatic carbocycles. The summed E-state index contributed by atoms with van der Waals surface area (Å²) in [6.45, 7) is 7.39. The number of hydrogen-bond donors (Lipinski definition) is 0. The van der Waals surface area contributed by atoms with E-state index in [2.05, 4.69) is 36.8 Å². The molecule has 0 saturated carbocycles. The van der Waals surface area contributed by atoms with Crippen LogP contribution in [0.15, 0.2) is 70.2 Å². The van der Waals surface area contributed by atoms with Gasteiger partial charge in [-0.15, -0.1) is 41.0 Å². The Kier molecular flexibility index (Phi) is 5.70. The van der Waals surface area contributed by atoms with Crippen LogP contribution < -0.4 is 10.6 Å². The molecule has 0 N–H and O–H groups in total. The maximum absolute atomic E-state index is 8.52. The SMILES string of the molecule is [2H]C([2H])([2H])c1c[c-]c(-c2cc(C)c(C(C)C)cn2)cc1.[2H]C1=C([2H])C([2H])C([2H])C(C2=c3oc4c([2H])c([2H])c([2H])c(C([2H])(C)C)c4c3=C([2H])C[CH-]2)=N1.[Ir]. The molecule has 0 spiro atoms. The van der Waals surface area contributed by atoms with Crippen molar-refractivity contribution in [3.63, 3.8) is 0 Å². The maximum Gasteiger partial charge on any atom is 0.118 e. The van der Waals surface area contributed by atoms with Gasteiger partial charge in [-0.3, -0.25) is 0 Å². The average Bonchev–Trinajstić information content (AvgIpc) is 3.45. The first kappa shape index (κ1) is 17.6. The summed E-state index contributed by atoms with van der Waals surface area (Å²) in [5.41, 5.74) is 5.04. The van der Waals surface area contributed by atoms with E-state index < -0.39 is 31.7 Å². The number of aryl methyl sites for hydroxylation is 2. The van der Waals surface area contributed by atoms with Gasteiger partial charge < -0.3 is 14.4 Å². The third kappa shape index (κ3) is 6.24. The van der Waals surface area contributed by atoms with Gasteiger partial charge in [-0.25, -0.2) is 0 Å². The molecule has 1 aliphatic heterocycles. The standard InChI is InChI=1S/C20H20NO.C16H18N.Ir/c1-13(2)14-7-6-11-18-19(14)16-9-5-8-15(20(16)22-18)17-10-3-4-12-21-17;1-11(2)15-10-17-16(9-13(15)4)14-7-5-12(3)6-8-14;/h4,6-9,11-13H,3,5,10H2,1-2H3;5-7,9-11H,1-4H3;/q2*-1;/i3D,4D,6D,7D,9D,10D,11D,12D,13D;3D3;. The van der Waals surface area contributed by atoms with E-state index in [-0.39, 0.29) is 89.6 Å². The molecule has 1 aliphatic carbocycles. The van der Waals surface area contributed by atoms with Gasteiger partial charge in [0.2, 0.25) is 0 Å². The van der Waals surface area contributed by atoms with Crippen LogP contribution in [0.1, 0.15) is 97.4 Å². The molecule has 0 amide bonds. The second-order valence-electron chi connectivity index (χ2n) is 9.92. The number of pyridine rings is 1. The molecular weight excluding hydrogens is 669 g/mol. The van der Waals surface area contributed by atoms with E-state index in [1.165, 1.54) is 17.2 Å². The van der Waals surface area contributed by atoms with Crippen LogP contribution in [0.3, 0.4) is 0 Å². The Bertz CT molecular complexity index is 2220. The van der Waals surface area contributed by atoms with Crippen LogP contribution in [0.25, 0.3) is 33.9 Å². The molecule has 0 fully saturated rings. The zero-order chi connectivity index (χ0) is 37.9. The van der Waals surface area contributed by atoms with E-state index in [1.807, 2.05) is 12.3 Å². The molecule has 2 unspecified atom stereocenters. The molecule has 2 atom stereocenters. The van der Waals surface area contributed by atoms with Crippen LogP contribution in [0.2, 0.25) is 0 Å². The number of allylic oxidation sites excluding steroid dienone is 1. The molecule has 2 aliphatic rings. The normalized spacial score (nSPS) is 23.4. The summed E-state index contributed by atoms with van der Waals surface area (Å²) in [6.07, 6.45) is 0.707. The number of aliphatic imine (C=N–C) groups is 1. The summed E-state index contributed by atoms with van der Waals surface area (Å²) in [7, 11) is 0. The molecule has 4 aromatic rings. The van der Waals surface area contributed by atoms with Gasteiger partial charge in [0, 0.05) is 51.5 Å². The van der Waals surface area contributed by atoms with Crippen molar-refractivity contribution in [2.24, 2.45) is 4.99 Å². The van der Waals surface area contributed by atoms with Gasteiger partial charge >= 0.3 is 0 Å². The van der Waals surface area contributed by atoms with Crippen LogP contribution in [0.5, 0.6) is 0 Å². The van der Waals surface area contributed by atoms with Crippen molar-refractivity contribution in [1.29, 1.82) is 0 Å². The van der Waals surface area contributed by atoms with Gasteiger partial charge in [0.15, 0.2) is 0 Å². The fourth-order valence-electron chi connectivity index (χ4n) is 4.61. The quantitative estimate of drug-likeness (QED) is 0.200. The van der Waals surface area contributed by atoms with Crippen LogP contribution >= 0.6 is 0 Å². The van der Waals surface area contributed by atoms with Gasteiger partial charge in [0.1, 0.15) is 5.58 Å². The third-order valence-corrected chi connectivity index (χ3v) is 6.55. The zero-order valence-corrected chi connectivity index (χ0v) is 25.4. The molecule has 4 heteroatoms. The minimum Gasteiger partial charge on any atom is -0.515 e. The Labute approximate surface area is 269 Å². The first-order valence-electron chi connectivity index (χ1n) is 19.0. The van der Waals surface area contributed by atoms with Crippen molar-refractivity contribution < 1.29 is 41.0 Å². The molecular formula is C36H38IrN2O-2. The van der Waals surface area contributed by atoms with Crippen molar-refractivity contribution in [2.45, 2.75) is 72.5 Å². The van der Waals surface area contributed by atoms with Crippen LogP contribution in [-0.2, 0) is 20.1 Å². The number of benzene rings is 2. The minimum atomic E-state index is -2.08. The molecule has 3 heterocycles. The minimum absolute atomic E-state index is 0. The Morgan fingerprint density at radius 3 is 2.75 bits per heavy atom. The molecule has 6 rings (SSSR count). The largest absolute Gasteiger partial charge is 0.515 e. The maximum atomic E-state index is 8.52. The van der Waals surface area contributed by atoms with Crippen molar-refractivity contribution in [3.8, 4) is 11.3 Å². The number of hydrogen-bond acceptors (Lipinski definition) is 3. The van der Waals surface area contributed by atoms with E-state index in [0.717, 1.165) is 11.3 Å². The number of nitrogens with zero attached hydrogens (tertiary/aromatic N) is 2. The van der Waals surface area contributed by atoms with Crippen molar-refractivity contribution in [1.82, 2.24) is 4.98 Å². The van der Waals surface area contributed by atoms with E-state index in [9.17, 15) is 0 Å². The number of fused-ring (bicyclic) bond motifs is 3. The zero-order valence-electron chi connectivity index (χ0n) is 35.0. The second-order valence-corrected chi connectivity index (χ2v) is 9.92. The molecule has 2 aromatic heterocycles. The fraction of sp³-hybridized carbons (Fsp3) is 0.306. The first-order chi connectivity index (χ1) is 23.6. The van der Waals surface area contributed by atoms with E-state index in [4.69, 9.17) is 20.9 Å². The third-order valence-electron chi connectivity index (χ3n) is 6.55. The molecule has 209 valence electrons. The van der Waals surface area contributed by atoms with Crippen molar-refractivity contribution in [2.75, 3.05) is 0 Å². The summed E-state index contributed by atoms with van der Waals surface area (Å²) in [6, 6.07) is 8.77. The molecule has 40 heavy (non-hydrogen) atoms. The molecule has 1 radical (unpaired) electrons. The summed E-state index contributed by atoms with van der Waals surface area (Å²) in [4.78, 5) is 8.50. The summed E-state index contributed by atoms with van der Waals surface area (Å²) < 4.78 is 102. The van der Waals surface area contributed by atoms with Gasteiger partial charge in [0.25, 0.3) is 0 Å². The molecule has 0 bridgehead atoms. The van der Waals surface area contributed by atoms with E-state index in [1.54, 1.807) is 32.4 Å². The van der Waals surface area contributed by atoms with Crippen molar-refractivity contribution >= 4 is 28.3 Å². The van der Waals surface area contributed by atoms with Crippen LogP contribution in [0.4, 0.5) is 0 Å². The average molecular weight is 719 g/mol. The number of furan rings is 1. The second kappa shape index (κ2) is 13.0. The van der Waals surface area contributed by atoms with Gasteiger partial charge in [0.05, 0.1) is 8.22 Å². The topological polar surface area (TPSA) is 38.4 Å². The molecule has 0 saturated heterocycles. The van der Waals surface area contributed by atoms with Crippen LogP contribution in [-0.4, -0.2) is 10.7 Å². The predicted octanol–water partition coefficient (Wildman–Crippen LogP) is 8.13. The van der Waals surface area contributed by atoms with E-state index >= 15 is 0 Å². The Morgan fingerprint density at radius 1 is 1.20 bits per heavy atom. The monoisotopic (exact) mass is 719 g/mol.